The highest BCUT2D eigenvalue weighted by Crippen LogP contribution is 2.34. The second-order valence-corrected chi connectivity index (χ2v) is 5.54. The van der Waals surface area contributed by atoms with Crippen LogP contribution in [0.2, 0.25) is 0 Å². The fourth-order valence-electron chi connectivity index (χ4n) is 0.762. The van der Waals surface area contributed by atoms with Crippen LogP contribution in [0.3, 0.4) is 0 Å². The van der Waals surface area contributed by atoms with E-state index in [9.17, 15) is 0 Å². The molecule has 0 N–H and O–H groups in total. The van der Waals surface area contributed by atoms with Gasteiger partial charge >= 0.3 is 0 Å². The first-order valence-corrected chi connectivity index (χ1v) is 4.94. The summed E-state index contributed by atoms with van der Waals surface area (Å²) in [7, 11) is 0. The van der Waals surface area contributed by atoms with E-state index in [0.717, 1.165) is 4.48 Å². The smallest absolute Gasteiger partial charge is 0.0705 e. The van der Waals surface area contributed by atoms with E-state index in [4.69, 9.17) is 11.6 Å². The Balaban J connectivity index is 2.88. The van der Waals surface area contributed by atoms with Gasteiger partial charge in [0.1, 0.15) is 0 Å². The first-order chi connectivity index (χ1) is 4.52. The van der Waals surface area contributed by atoms with E-state index in [1.165, 1.54) is 0 Å². The predicted molar refractivity (Wildman–Crippen MR) is 53.1 cm³/mol. The average Bonchev–Trinajstić information content (AvgIpc) is 1.78. The SMILES string of the molecule is CC1(Br)C=C(Br)C=CC1Cl. The van der Waals surface area contributed by atoms with Gasteiger partial charge in [-0.05, 0) is 6.92 Å². The lowest BCUT2D eigenvalue weighted by atomic mass is 10.0. The van der Waals surface area contributed by atoms with Crippen molar-refractivity contribution in [3.63, 3.8) is 0 Å². The molecular formula is C7H7Br2Cl. The lowest BCUT2D eigenvalue weighted by Gasteiger charge is -2.25. The van der Waals surface area contributed by atoms with Gasteiger partial charge in [-0.25, -0.2) is 0 Å². The van der Waals surface area contributed by atoms with Crippen LogP contribution >= 0.6 is 43.5 Å². The zero-order valence-corrected chi connectivity index (χ0v) is 9.37. The van der Waals surface area contributed by atoms with Crippen LogP contribution in [0.1, 0.15) is 6.92 Å². The van der Waals surface area contributed by atoms with Crippen LogP contribution in [0.25, 0.3) is 0 Å². The minimum Gasteiger partial charge on any atom is -0.117 e. The molecule has 1 rings (SSSR count). The fraction of sp³-hybridized carbons (Fsp3) is 0.429. The molecule has 0 saturated carbocycles. The number of allylic oxidation sites excluding steroid dienone is 4. The fourth-order valence-corrected chi connectivity index (χ4v) is 2.23. The standard InChI is InChI=1S/C7H7Br2Cl/c1-7(9)4-5(8)2-3-6(7)10/h2-4,6H,1H3. The van der Waals surface area contributed by atoms with Gasteiger partial charge in [-0.1, -0.05) is 50.1 Å². The van der Waals surface area contributed by atoms with Gasteiger partial charge in [-0.2, -0.15) is 0 Å². The highest BCUT2D eigenvalue weighted by atomic mass is 79.9. The zero-order valence-electron chi connectivity index (χ0n) is 5.44. The second kappa shape index (κ2) is 3.00. The monoisotopic (exact) mass is 284 g/mol. The number of rotatable bonds is 0. The Morgan fingerprint density at radius 2 is 2.30 bits per heavy atom. The van der Waals surface area contributed by atoms with Gasteiger partial charge < -0.3 is 0 Å². The van der Waals surface area contributed by atoms with E-state index < -0.39 is 0 Å². The minimum absolute atomic E-state index is 0.0359. The normalized spacial score (nSPS) is 39.6. The summed E-state index contributed by atoms with van der Waals surface area (Å²) in [4.78, 5) is 0. The van der Waals surface area contributed by atoms with Crippen LogP contribution in [-0.2, 0) is 0 Å². The Hall–Kier alpha value is 0.730. The van der Waals surface area contributed by atoms with Crippen molar-refractivity contribution >= 4 is 43.5 Å². The van der Waals surface area contributed by atoms with Gasteiger partial charge in [0.15, 0.2) is 0 Å². The molecule has 3 heteroatoms. The lowest BCUT2D eigenvalue weighted by Crippen LogP contribution is -2.26. The maximum atomic E-state index is 5.97. The van der Waals surface area contributed by atoms with Gasteiger partial charge in [-0.3, -0.25) is 0 Å². The lowest BCUT2D eigenvalue weighted by molar-refractivity contribution is 0.822. The Bertz CT molecular complexity index is 194. The van der Waals surface area contributed by atoms with Crippen molar-refractivity contribution in [2.75, 3.05) is 0 Å². The summed E-state index contributed by atoms with van der Waals surface area (Å²) in [5, 5.41) is 0.0359. The molecule has 2 unspecified atom stereocenters. The van der Waals surface area contributed by atoms with E-state index in [1.54, 1.807) is 0 Å². The van der Waals surface area contributed by atoms with Gasteiger partial charge in [0.05, 0.1) is 9.70 Å². The molecule has 1 aliphatic rings. The average molecular weight is 286 g/mol. The van der Waals surface area contributed by atoms with Crippen molar-refractivity contribution < 1.29 is 0 Å². The summed E-state index contributed by atoms with van der Waals surface area (Å²) in [6.45, 7) is 2.04. The summed E-state index contributed by atoms with van der Waals surface area (Å²) >= 11 is 12.9. The molecule has 10 heavy (non-hydrogen) atoms. The van der Waals surface area contributed by atoms with Crippen LogP contribution in [0, 0.1) is 0 Å². The summed E-state index contributed by atoms with van der Waals surface area (Å²) in [6, 6.07) is 0. The van der Waals surface area contributed by atoms with Crippen molar-refractivity contribution in [3.8, 4) is 0 Å². The molecule has 1 aliphatic carbocycles. The third-order valence-corrected chi connectivity index (χ3v) is 3.46. The number of halogens is 3. The molecule has 0 saturated heterocycles. The second-order valence-electron chi connectivity index (χ2n) is 2.44. The Morgan fingerprint density at radius 1 is 1.70 bits per heavy atom. The number of alkyl halides is 2. The van der Waals surface area contributed by atoms with Crippen molar-refractivity contribution in [1.29, 1.82) is 0 Å². The van der Waals surface area contributed by atoms with Gasteiger partial charge in [0, 0.05) is 4.48 Å². The molecule has 0 fully saturated rings. The largest absolute Gasteiger partial charge is 0.117 e. The molecule has 0 spiro atoms. The topological polar surface area (TPSA) is 0 Å². The first kappa shape index (κ1) is 8.82. The van der Waals surface area contributed by atoms with Crippen LogP contribution in [0.4, 0.5) is 0 Å². The molecule has 0 aromatic heterocycles. The Labute approximate surface area is 82.6 Å². The summed E-state index contributed by atoms with van der Waals surface area (Å²) in [6.07, 6.45) is 5.96. The predicted octanol–water partition coefficient (Wildman–Crippen LogP) is 3.60. The Morgan fingerprint density at radius 3 is 2.70 bits per heavy atom. The van der Waals surface area contributed by atoms with Crippen molar-refractivity contribution in [2.45, 2.75) is 16.6 Å². The molecule has 0 aromatic carbocycles. The zero-order chi connectivity index (χ0) is 7.78. The molecule has 0 radical (unpaired) electrons. The van der Waals surface area contributed by atoms with Crippen LogP contribution in [0.5, 0.6) is 0 Å². The van der Waals surface area contributed by atoms with E-state index in [-0.39, 0.29) is 9.70 Å². The van der Waals surface area contributed by atoms with Crippen molar-refractivity contribution in [1.82, 2.24) is 0 Å². The molecule has 2 atom stereocenters. The van der Waals surface area contributed by atoms with Crippen LogP contribution < -0.4 is 0 Å². The van der Waals surface area contributed by atoms with E-state index in [0.29, 0.717) is 0 Å². The maximum absolute atomic E-state index is 5.97. The summed E-state index contributed by atoms with van der Waals surface area (Å²) < 4.78 is 0.964. The first-order valence-electron chi connectivity index (χ1n) is 2.92. The van der Waals surface area contributed by atoms with Crippen molar-refractivity contribution in [3.05, 3.63) is 22.7 Å². The number of hydrogen-bond acceptors (Lipinski definition) is 0. The highest BCUT2D eigenvalue weighted by molar-refractivity contribution is 9.12. The highest BCUT2D eigenvalue weighted by Gasteiger charge is 2.27. The van der Waals surface area contributed by atoms with Crippen molar-refractivity contribution in [2.24, 2.45) is 0 Å². The van der Waals surface area contributed by atoms with Crippen LogP contribution in [0.15, 0.2) is 22.7 Å². The maximum Gasteiger partial charge on any atom is 0.0705 e. The molecule has 0 bridgehead atoms. The summed E-state index contributed by atoms with van der Waals surface area (Å²) in [5.41, 5.74) is 0. The number of hydrogen-bond donors (Lipinski definition) is 0. The third kappa shape index (κ3) is 1.86. The quantitative estimate of drug-likeness (QED) is 0.597. The molecule has 0 nitrogen and oxygen atoms in total. The summed E-state index contributed by atoms with van der Waals surface area (Å²) in [5.74, 6) is 0. The molecule has 0 aliphatic heterocycles. The van der Waals surface area contributed by atoms with Gasteiger partial charge in [-0.15, -0.1) is 11.6 Å². The molecule has 56 valence electrons. The Kier molecular flexibility index (Phi) is 2.64. The molecule has 0 aromatic rings. The third-order valence-electron chi connectivity index (χ3n) is 1.38. The van der Waals surface area contributed by atoms with Gasteiger partial charge in [0.25, 0.3) is 0 Å². The van der Waals surface area contributed by atoms with Crippen LogP contribution in [-0.4, -0.2) is 9.70 Å². The molecule has 0 amide bonds. The van der Waals surface area contributed by atoms with E-state index in [1.807, 2.05) is 25.2 Å². The van der Waals surface area contributed by atoms with E-state index >= 15 is 0 Å². The van der Waals surface area contributed by atoms with Gasteiger partial charge in [0.2, 0.25) is 0 Å². The van der Waals surface area contributed by atoms with E-state index in [2.05, 4.69) is 31.9 Å². The molecule has 0 heterocycles. The molecular weight excluding hydrogens is 279 g/mol. The minimum atomic E-state index is -0.109.